The summed E-state index contributed by atoms with van der Waals surface area (Å²) in [6, 6.07) is 4.49. The molecule has 0 amide bonds. The highest BCUT2D eigenvalue weighted by molar-refractivity contribution is 5.45. The van der Waals surface area contributed by atoms with E-state index in [2.05, 4.69) is 32.9 Å². The van der Waals surface area contributed by atoms with E-state index >= 15 is 0 Å². The molecule has 1 rings (SSSR count). The van der Waals surface area contributed by atoms with E-state index in [1.165, 1.54) is 16.7 Å². The monoisotopic (exact) mass is 294 g/mol. The van der Waals surface area contributed by atoms with E-state index in [0.717, 1.165) is 25.0 Å². The van der Waals surface area contributed by atoms with Gasteiger partial charge in [0.15, 0.2) is 0 Å². The summed E-state index contributed by atoms with van der Waals surface area (Å²) in [5, 5.41) is 9.17. The number of rotatable bonds is 9. The molecule has 0 saturated carbocycles. The van der Waals surface area contributed by atoms with Gasteiger partial charge in [0, 0.05) is 0 Å². The highest BCUT2D eigenvalue weighted by Crippen LogP contribution is 2.27. The smallest absolute Gasteiger partial charge is 0.125 e. The molecule has 21 heavy (non-hydrogen) atoms. The van der Waals surface area contributed by atoms with Gasteiger partial charge in [0.1, 0.15) is 12.4 Å². The van der Waals surface area contributed by atoms with E-state index in [4.69, 9.17) is 14.6 Å². The van der Waals surface area contributed by atoms with Crippen LogP contribution in [0.2, 0.25) is 0 Å². The highest BCUT2D eigenvalue weighted by Gasteiger charge is 2.16. The number of aliphatic hydroxyl groups excluding tert-OH is 1. The second-order valence-electron chi connectivity index (χ2n) is 5.92. The van der Waals surface area contributed by atoms with E-state index in [-0.39, 0.29) is 6.61 Å². The van der Waals surface area contributed by atoms with Crippen molar-refractivity contribution in [3.63, 3.8) is 0 Å². The summed E-state index contributed by atoms with van der Waals surface area (Å²) >= 11 is 0. The highest BCUT2D eigenvalue weighted by atomic mass is 16.5. The Bertz CT molecular complexity index is 413. The van der Waals surface area contributed by atoms with Gasteiger partial charge in [-0.25, -0.2) is 0 Å². The molecule has 0 spiro atoms. The summed E-state index contributed by atoms with van der Waals surface area (Å²) in [6.45, 7) is 11.2. The standard InChI is InChI=1S/C18H30O3/c1-6-14-11-15(7-2)17(16(8-3)12-14)20-9-10-21-18(4,5)13-19/h11-12,19H,6-10,13H2,1-5H3. The van der Waals surface area contributed by atoms with Gasteiger partial charge in [0.25, 0.3) is 0 Å². The van der Waals surface area contributed by atoms with Crippen LogP contribution in [-0.2, 0) is 24.0 Å². The molecule has 0 heterocycles. The summed E-state index contributed by atoms with van der Waals surface area (Å²) in [7, 11) is 0. The predicted molar refractivity (Wildman–Crippen MR) is 87.2 cm³/mol. The van der Waals surface area contributed by atoms with Crippen LogP contribution < -0.4 is 4.74 Å². The molecule has 0 fully saturated rings. The molecule has 120 valence electrons. The van der Waals surface area contributed by atoms with Gasteiger partial charge in [-0.05, 0) is 49.8 Å². The molecule has 0 atom stereocenters. The molecule has 3 heteroatoms. The Morgan fingerprint density at radius 2 is 1.52 bits per heavy atom. The minimum atomic E-state index is -0.503. The predicted octanol–water partition coefficient (Wildman–Crippen LogP) is 3.54. The Hall–Kier alpha value is -1.06. The number of hydrogen-bond acceptors (Lipinski definition) is 3. The fraction of sp³-hybridized carbons (Fsp3) is 0.667. The number of aryl methyl sites for hydroxylation is 3. The van der Waals surface area contributed by atoms with E-state index in [9.17, 15) is 0 Å². The Morgan fingerprint density at radius 3 is 1.95 bits per heavy atom. The summed E-state index contributed by atoms with van der Waals surface area (Å²) in [6.07, 6.45) is 2.99. The third kappa shape index (κ3) is 5.33. The zero-order valence-corrected chi connectivity index (χ0v) is 14.2. The zero-order chi connectivity index (χ0) is 15.9. The van der Waals surface area contributed by atoms with Gasteiger partial charge < -0.3 is 14.6 Å². The first-order valence-electron chi connectivity index (χ1n) is 7.99. The van der Waals surface area contributed by atoms with Crippen LogP contribution in [0.3, 0.4) is 0 Å². The van der Waals surface area contributed by atoms with Crippen LogP contribution in [0.25, 0.3) is 0 Å². The molecule has 0 aromatic heterocycles. The maximum Gasteiger partial charge on any atom is 0.125 e. The normalized spacial score (nSPS) is 11.7. The van der Waals surface area contributed by atoms with E-state index in [1.54, 1.807) is 0 Å². The average molecular weight is 294 g/mol. The summed E-state index contributed by atoms with van der Waals surface area (Å²) in [5.74, 6) is 1.02. The van der Waals surface area contributed by atoms with Gasteiger partial charge in [-0.15, -0.1) is 0 Å². The molecular weight excluding hydrogens is 264 g/mol. The molecule has 0 saturated heterocycles. The maximum absolute atomic E-state index is 9.17. The Kier molecular flexibility index (Phi) is 7.20. The fourth-order valence-electron chi connectivity index (χ4n) is 2.25. The molecule has 0 aliphatic heterocycles. The topological polar surface area (TPSA) is 38.7 Å². The molecule has 0 aliphatic carbocycles. The lowest BCUT2D eigenvalue weighted by Crippen LogP contribution is -2.30. The van der Waals surface area contributed by atoms with Crippen molar-refractivity contribution in [2.45, 2.75) is 59.5 Å². The molecular formula is C18H30O3. The van der Waals surface area contributed by atoms with Crippen LogP contribution in [0.5, 0.6) is 5.75 Å². The molecule has 1 aromatic carbocycles. The molecule has 0 radical (unpaired) electrons. The summed E-state index contributed by atoms with van der Waals surface area (Å²) < 4.78 is 11.6. The first-order chi connectivity index (χ1) is 9.97. The van der Waals surface area contributed by atoms with Crippen molar-refractivity contribution < 1.29 is 14.6 Å². The Labute approximate surface area is 129 Å². The van der Waals surface area contributed by atoms with E-state index < -0.39 is 5.60 Å². The zero-order valence-electron chi connectivity index (χ0n) is 14.2. The fourth-order valence-corrected chi connectivity index (χ4v) is 2.25. The van der Waals surface area contributed by atoms with Gasteiger partial charge in [0.05, 0.1) is 18.8 Å². The van der Waals surface area contributed by atoms with Crippen LogP contribution in [0.1, 0.15) is 51.3 Å². The van der Waals surface area contributed by atoms with Crippen molar-refractivity contribution in [2.24, 2.45) is 0 Å². The van der Waals surface area contributed by atoms with Crippen molar-refractivity contribution in [1.29, 1.82) is 0 Å². The second kappa shape index (κ2) is 8.40. The first-order valence-corrected chi connectivity index (χ1v) is 7.99. The number of aliphatic hydroxyl groups is 1. The lowest BCUT2D eigenvalue weighted by atomic mass is 9.99. The van der Waals surface area contributed by atoms with E-state index in [1.807, 2.05) is 13.8 Å². The van der Waals surface area contributed by atoms with Gasteiger partial charge in [0.2, 0.25) is 0 Å². The van der Waals surface area contributed by atoms with Gasteiger partial charge >= 0.3 is 0 Å². The molecule has 0 aliphatic rings. The van der Waals surface area contributed by atoms with Gasteiger partial charge in [-0.2, -0.15) is 0 Å². The molecule has 1 N–H and O–H groups in total. The van der Waals surface area contributed by atoms with Crippen molar-refractivity contribution in [3.8, 4) is 5.75 Å². The van der Waals surface area contributed by atoms with E-state index in [0.29, 0.717) is 13.2 Å². The van der Waals surface area contributed by atoms with Crippen molar-refractivity contribution in [1.82, 2.24) is 0 Å². The number of ether oxygens (including phenoxy) is 2. The minimum Gasteiger partial charge on any atom is -0.491 e. The molecule has 0 bridgehead atoms. The summed E-state index contributed by atoms with van der Waals surface area (Å²) in [4.78, 5) is 0. The SMILES string of the molecule is CCc1cc(CC)c(OCCOC(C)(C)CO)c(CC)c1. The largest absolute Gasteiger partial charge is 0.491 e. The lowest BCUT2D eigenvalue weighted by Gasteiger charge is -2.23. The lowest BCUT2D eigenvalue weighted by molar-refractivity contribution is -0.0618. The minimum absolute atomic E-state index is 0.0125. The van der Waals surface area contributed by atoms with Crippen molar-refractivity contribution >= 4 is 0 Å². The maximum atomic E-state index is 9.17. The van der Waals surface area contributed by atoms with Crippen LogP contribution in [0, 0.1) is 0 Å². The van der Waals surface area contributed by atoms with Crippen LogP contribution >= 0.6 is 0 Å². The van der Waals surface area contributed by atoms with Crippen molar-refractivity contribution in [3.05, 3.63) is 28.8 Å². The van der Waals surface area contributed by atoms with Crippen LogP contribution in [0.15, 0.2) is 12.1 Å². The summed E-state index contributed by atoms with van der Waals surface area (Å²) in [5.41, 5.74) is 3.41. The quantitative estimate of drug-likeness (QED) is 0.708. The third-order valence-electron chi connectivity index (χ3n) is 3.68. The average Bonchev–Trinajstić information content (AvgIpc) is 2.50. The van der Waals surface area contributed by atoms with Crippen molar-refractivity contribution in [2.75, 3.05) is 19.8 Å². The van der Waals surface area contributed by atoms with Gasteiger partial charge in [-0.1, -0.05) is 32.9 Å². The Morgan fingerprint density at radius 1 is 0.952 bits per heavy atom. The Balaban J connectivity index is 2.73. The molecule has 3 nitrogen and oxygen atoms in total. The van der Waals surface area contributed by atoms with Gasteiger partial charge in [-0.3, -0.25) is 0 Å². The van der Waals surface area contributed by atoms with Crippen LogP contribution in [0.4, 0.5) is 0 Å². The number of hydrogen-bond donors (Lipinski definition) is 1. The van der Waals surface area contributed by atoms with Crippen LogP contribution in [-0.4, -0.2) is 30.5 Å². The second-order valence-corrected chi connectivity index (χ2v) is 5.92. The third-order valence-corrected chi connectivity index (χ3v) is 3.68. The molecule has 0 unspecified atom stereocenters. The molecule has 1 aromatic rings. The first kappa shape index (κ1) is 18.0. The number of benzene rings is 1.